The lowest BCUT2D eigenvalue weighted by molar-refractivity contribution is 1.46. The van der Waals surface area contributed by atoms with Crippen molar-refractivity contribution in [3.8, 4) is 22.3 Å². The Morgan fingerprint density at radius 3 is 1.35 bits per heavy atom. The molecule has 0 amide bonds. The van der Waals surface area contributed by atoms with Gasteiger partial charge in [0.15, 0.2) is 0 Å². The smallest absolute Gasteiger partial charge is 0.00197 e. The third kappa shape index (κ3) is 5.79. The summed E-state index contributed by atoms with van der Waals surface area (Å²) < 4.78 is 0. The van der Waals surface area contributed by atoms with Crippen molar-refractivity contribution in [1.29, 1.82) is 0 Å². The molecule has 9 aromatic rings. The second-order valence-electron chi connectivity index (χ2n) is 13.9. The quantitative estimate of drug-likeness (QED) is 0.123. The van der Waals surface area contributed by atoms with Crippen LogP contribution in [0.1, 0.15) is 33.4 Å². The predicted octanol–water partition coefficient (Wildman–Crippen LogP) is 14.6. The van der Waals surface area contributed by atoms with E-state index in [0.717, 1.165) is 0 Å². The summed E-state index contributed by atoms with van der Waals surface area (Å²) in [6.45, 7) is 4.27. The first-order valence-corrected chi connectivity index (χ1v) is 18.1. The van der Waals surface area contributed by atoms with Crippen molar-refractivity contribution in [1.82, 2.24) is 0 Å². The average molecular weight is 663 g/mol. The van der Waals surface area contributed by atoms with Crippen molar-refractivity contribution in [2.24, 2.45) is 0 Å². The first-order valence-electron chi connectivity index (χ1n) is 18.1. The van der Waals surface area contributed by atoms with Crippen LogP contribution < -0.4 is 0 Å². The Labute approximate surface area is 305 Å². The molecule has 9 aromatic carbocycles. The van der Waals surface area contributed by atoms with Gasteiger partial charge < -0.3 is 0 Å². The standard InChI is InChI=1S/C52H38/c1-35-19-23-37(24-20-35)27-29-39-31-32-49(47-17-9-7-13-43(39)47)52-48-18-10-8-14-44(48)42(30-28-38-25-21-36(2)22-26-38)34-50(52)51-45-15-5-3-11-40(45)33-41-12-4-6-16-46(41)51/h3-34H,1-2H3. The minimum Gasteiger partial charge on any atom is -0.0616 e. The summed E-state index contributed by atoms with van der Waals surface area (Å²) in [5.41, 5.74) is 12.3. The van der Waals surface area contributed by atoms with Crippen LogP contribution in [0.15, 0.2) is 170 Å². The second-order valence-corrected chi connectivity index (χ2v) is 13.9. The minimum atomic E-state index is 1.19. The second kappa shape index (κ2) is 13.3. The molecule has 0 saturated carbocycles. The fraction of sp³-hybridized carbons (Fsp3) is 0.0385. The van der Waals surface area contributed by atoms with Crippen molar-refractivity contribution < 1.29 is 0 Å². The summed E-state index contributed by atoms with van der Waals surface area (Å²) in [5, 5.41) is 9.97. The number of hydrogen-bond donors (Lipinski definition) is 0. The van der Waals surface area contributed by atoms with Gasteiger partial charge in [0.1, 0.15) is 0 Å². The van der Waals surface area contributed by atoms with Gasteiger partial charge in [-0.2, -0.15) is 0 Å². The van der Waals surface area contributed by atoms with Gasteiger partial charge in [0.05, 0.1) is 0 Å². The van der Waals surface area contributed by atoms with Crippen molar-refractivity contribution in [3.05, 3.63) is 203 Å². The number of rotatable bonds is 6. The van der Waals surface area contributed by atoms with E-state index in [-0.39, 0.29) is 0 Å². The van der Waals surface area contributed by atoms with Crippen molar-refractivity contribution in [2.45, 2.75) is 13.8 Å². The van der Waals surface area contributed by atoms with E-state index in [9.17, 15) is 0 Å². The SMILES string of the molecule is Cc1ccc(C=Cc2ccc(-c3c(-c4c5ccccc5cc5ccccc45)cc(C=Cc4ccc(C)cc4)c4ccccc34)c3ccccc23)cc1. The fourth-order valence-corrected chi connectivity index (χ4v) is 7.75. The molecule has 0 saturated heterocycles. The van der Waals surface area contributed by atoms with E-state index in [0.29, 0.717) is 0 Å². The van der Waals surface area contributed by atoms with Gasteiger partial charge in [-0.25, -0.2) is 0 Å². The fourth-order valence-electron chi connectivity index (χ4n) is 7.75. The Kier molecular flexibility index (Phi) is 8.07. The topological polar surface area (TPSA) is 0 Å². The van der Waals surface area contributed by atoms with Crippen LogP contribution in [0.3, 0.4) is 0 Å². The van der Waals surface area contributed by atoms with Crippen molar-refractivity contribution in [3.63, 3.8) is 0 Å². The highest BCUT2D eigenvalue weighted by atomic mass is 14.2. The minimum absolute atomic E-state index is 1.19. The normalized spacial score (nSPS) is 11.9. The largest absolute Gasteiger partial charge is 0.0616 e. The number of fused-ring (bicyclic) bond motifs is 4. The third-order valence-electron chi connectivity index (χ3n) is 10.4. The zero-order valence-electron chi connectivity index (χ0n) is 29.5. The van der Waals surface area contributed by atoms with Crippen LogP contribution in [0.5, 0.6) is 0 Å². The maximum Gasteiger partial charge on any atom is -0.00197 e. The summed E-state index contributed by atoms with van der Waals surface area (Å²) in [5.74, 6) is 0. The lowest BCUT2D eigenvalue weighted by Gasteiger charge is -2.21. The molecule has 0 aliphatic carbocycles. The average Bonchev–Trinajstić information content (AvgIpc) is 3.19. The molecule has 0 aliphatic heterocycles. The molecule has 0 aromatic heterocycles. The van der Waals surface area contributed by atoms with Crippen LogP contribution in [0.2, 0.25) is 0 Å². The van der Waals surface area contributed by atoms with Gasteiger partial charge in [0.25, 0.3) is 0 Å². The molecule has 0 fully saturated rings. The van der Waals surface area contributed by atoms with Gasteiger partial charge in [-0.1, -0.05) is 193 Å². The van der Waals surface area contributed by atoms with Crippen LogP contribution in [0.25, 0.3) is 89.6 Å². The molecule has 0 heteroatoms. The Morgan fingerprint density at radius 1 is 0.308 bits per heavy atom. The van der Waals surface area contributed by atoms with Crippen molar-refractivity contribution >= 4 is 67.4 Å². The molecule has 52 heavy (non-hydrogen) atoms. The lowest BCUT2D eigenvalue weighted by Crippen LogP contribution is -1.95. The Balaban J connectivity index is 1.36. The van der Waals surface area contributed by atoms with Crippen LogP contribution in [0.4, 0.5) is 0 Å². The van der Waals surface area contributed by atoms with Gasteiger partial charge in [-0.3, -0.25) is 0 Å². The molecule has 0 N–H and O–H groups in total. The summed E-state index contributed by atoms with van der Waals surface area (Å²) in [7, 11) is 0. The van der Waals surface area contributed by atoms with E-state index in [1.54, 1.807) is 0 Å². The Morgan fingerprint density at radius 2 is 0.769 bits per heavy atom. The molecule has 246 valence electrons. The molecule has 0 unspecified atom stereocenters. The molecule has 0 radical (unpaired) electrons. The first kappa shape index (κ1) is 31.5. The predicted molar refractivity (Wildman–Crippen MR) is 228 cm³/mol. The summed E-state index contributed by atoms with van der Waals surface area (Å²) in [6, 6.07) is 62.4. The zero-order chi connectivity index (χ0) is 35.0. The van der Waals surface area contributed by atoms with Gasteiger partial charge >= 0.3 is 0 Å². The molecule has 0 heterocycles. The Bertz CT molecular complexity index is 2780. The van der Waals surface area contributed by atoms with E-state index in [1.807, 2.05) is 0 Å². The van der Waals surface area contributed by atoms with E-state index in [1.165, 1.54) is 98.7 Å². The van der Waals surface area contributed by atoms with E-state index in [2.05, 4.69) is 208 Å². The van der Waals surface area contributed by atoms with E-state index < -0.39 is 0 Å². The third-order valence-corrected chi connectivity index (χ3v) is 10.4. The monoisotopic (exact) mass is 662 g/mol. The molecule has 0 spiro atoms. The molecular formula is C52H38. The number of hydrogen-bond acceptors (Lipinski definition) is 0. The number of aryl methyl sites for hydroxylation is 2. The summed E-state index contributed by atoms with van der Waals surface area (Å²) >= 11 is 0. The highest BCUT2D eigenvalue weighted by molar-refractivity contribution is 6.20. The van der Waals surface area contributed by atoms with Gasteiger partial charge in [0, 0.05) is 0 Å². The highest BCUT2D eigenvalue weighted by Gasteiger charge is 2.20. The van der Waals surface area contributed by atoms with Gasteiger partial charge in [-0.05, 0) is 114 Å². The Hall–Kier alpha value is -6.50. The number of benzene rings is 9. The molecule has 0 aliphatic rings. The first-order chi connectivity index (χ1) is 25.6. The lowest BCUT2D eigenvalue weighted by atomic mass is 9.82. The van der Waals surface area contributed by atoms with Gasteiger partial charge in [0.2, 0.25) is 0 Å². The van der Waals surface area contributed by atoms with Crippen molar-refractivity contribution in [2.75, 3.05) is 0 Å². The van der Waals surface area contributed by atoms with E-state index in [4.69, 9.17) is 0 Å². The summed E-state index contributed by atoms with van der Waals surface area (Å²) in [4.78, 5) is 0. The molecular weight excluding hydrogens is 625 g/mol. The zero-order valence-corrected chi connectivity index (χ0v) is 29.5. The van der Waals surface area contributed by atoms with Crippen LogP contribution in [-0.2, 0) is 0 Å². The highest BCUT2D eigenvalue weighted by Crippen LogP contribution is 2.47. The maximum atomic E-state index is 2.44. The molecule has 0 bridgehead atoms. The van der Waals surface area contributed by atoms with Crippen LogP contribution in [0, 0.1) is 13.8 Å². The molecule has 0 atom stereocenters. The molecule has 9 rings (SSSR count). The van der Waals surface area contributed by atoms with E-state index >= 15 is 0 Å². The molecule has 0 nitrogen and oxygen atoms in total. The van der Waals surface area contributed by atoms with Crippen LogP contribution in [-0.4, -0.2) is 0 Å². The summed E-state index contributed by atoms with van der Waals surface area (Å²) in [6.07, 6.45) is 9.02. The van der Waals surface area contributed by atoms with Crippen LogP contribution >= 0.6 is 0 Å². The maximum absolute atomic E-state index is 2.44. The van der Waals surface area contributed by atoms with Gasteiger partial charge in [-0.15, -0.1) is 0 Å².